The fourth-order valence-corrected chi connectivity index (χ4v) is 4.83. The van der Waals surface area contributed by atoms with Crippen LogP contribution < -0.4 is 5.32 Å². The number of nitriles is 1. The van der Waals surface area contributed by atoms with E-state index in [9.17, 15) is 23.1 Å². The maximum absolute atomic E-state index is 12.8. The number of amides is 1. The molecule has 0 atom stereocenters. The van der Waals surface area contributed by atoms with Crippen molar-refractivity contribution in [2.75, 3.05) is 25.5 Å². The van der Waals surface area contributed by atoms with E-state index >= 15 is 0 Å². The molecule has 31 heavy (non-hydrogen) atoms. The SMILES string of the molecule is COC(=O)c1cccc(NC(=O)C2CCN(S(=O)(=O)c3ccc(C#N)cc3)CC2)c1O. The van der Waals surface area contributed by atoms with Gasteiger partial charge in [0.15, 0.2) is 5.75 Å². The third-order valence-corrected chi connectivity index (χ3v) is 7.06. The summed E-state index contributed by atoms with van der Waals surface area (Å²) in [6, 6.07) is 12.0. The Labute approximate surface area is 179 Å². The van der Waals surface area contributed by atoms with Crippen molar-refractivity contribution < 1.29 is 27.9 Å². The number of hydrogen-bond acceptors (Lipinski definition) is 7. The molecule has 10 heteroatoms. The first-order valence-corrected chi connectivity index (χ1v) is 10.9. The van der Waals surface area contributed by atoms with Crippen LogP contribution in [0.5, 0.6) is 5.75 Å². The summed E-state index contributed by atoms with van der Waals surface area (Å²) in [5.41, 5.74) is 0.387. The van der Waals surface area contributed by atoms with E-state index in [-0.39, 0.29) is 40.9 Å². The lowest BCUT2D eigenvalue weighted by molar-refractivity contribution is -0.120. The molecule has 0 aliphatic carbocycles. The number of phenols is 1. The van der Waals surface area contributed by atoms with Crippen LogP contribution in [0.25, 0.3) is 0 Å². The predicted molar refractivity (Wildman–Crippen MR) is 111 cm³/mol. The molecule has 2 aromatic rings. The molecule has 1 aliphatic heterocycles. The number of carbonyl (C=O) groups is 2. The number of benzene rings is 2. The number of phenolic OH excluding ortho intramolecular Hbond substituents is 1. The number of sulfonamides is 1. The quantitative estimate of drug-likeness (QED) is 0.533. The van der Waals surface area contributed by atoms with Gasteiger partial charge in [-0.3, -0.25) is 4.79 Å². The highest BCUT2D eigenvalue weighted by Crippen LogP contribution is 2.30. The summed E-state index contributed by atoms with van der Waals surface area (Å²) in [4.78, 5) is 24.4. The molecule has 1 amide bonds. The molecule has 0 aromatic heterocycles. The largest absolute Gasteiger partial charge is 0.505 e. The van der Waals surface area contributed by atoms with Gasteiger partial charge in [-0.05, 0) is 49.2 Å². The van der Waals surface area contributed by atoms with Gasteiger partial charge >= 0.3 is 5.97 Å². The summed E-state index contributed by atoms with van der Waals surface area (Å²) in [7, 11) is -2.53. The average molecular weight is 443 g/mol. The maximum atomic E-state index is 12.8. The molecule has 2 N–H and O–H groups in total. The summed E-state index contributed by atoms with van der Waals surface area (Å²) in [6.07, 6.45) is 0.609. The number of methoxy groups -OCH3 is 1. The lowest BCUT2D eigenvalue weighted by Crippen LogP contribution is -2.41. The molecule has 2 aromatic carbocycles. The number of nitrogens with one attached hydrogen (secondary N) is 1. The standard InChI is InChI=1S/C21H21N3O6S/c1-30-21(27)17-3-2-4-18(19(17)25)23-20(26)15-9-11-24(12-10-15)31(28,29)16-7-5-14(13-22)6-8-16/h2-8,15,25H,9-12H2,1H3,(H,23,26). The van der Waals surface area contributed by atoms with Gasteiger partial charge in [-0.15, -0.1) is 0 Å². The zero-order valence-corrected chi connectivity index (χ0v) is 17.6. The van der Waals surface area contributed by atoms with Crippen molar-refractivity contribution in [3.05, 3.63) is 53.6 Å². The summed E-state index contributed by atoms with van der Waals surface area (Å²) in [5, 5.41) is 21.7. The van der Waals surface area contributed by atoms with E-state index in [0.29, 0.717) is 18.4 Å². The molecule has 9 nitrogen and oxygen atoms in total. The van der Waals surface area contributed by atoms with Gasteiger partial charge in [0.25, 0.3) is 0 Å². The molecule has 0 unspecified atom stereocenters. The number of hydrogen-bond donors (Lipinski definition) is 2. The van der Waals surface area contributed by atoms with Crippen LogP contribution in [0, 0.1) is 17.2 Å². The molecule has 0 radical (unpaired) electrons. The Balaban J connectivity index is 1.65. The van der Waals surface area contributed by atoms with Gasteiger partial charge in [0.2, 0.25) is 15.9 Å². The molecule has 0 saturated carbocycles. The monoisotopic (exact) mass is 443 g/mol. The highest BCUT2D eigenvalue weighted by Gasteiger charge is 2.32. The van der Waals surface area contributed by atoms with Crippen molar-refractivity contribution in [3.8, 4) is 11.8 Å². The molecule has 1 fully saturated rings. The van der Waals surface area contributed by atoms with Crippen LogP contribution in [-0.2, 0) is 19.6 Å². The number of ether oxygens (including phenoxy) is 1. The van der Waals surface area contributed by atoms with Gasteiger partial charge in [0.1, 0.15) is 5.56 Å². The van der Waals surface area contributed by atoms with Crippen molar-refractivity contribution >= 4 is 27.6 Å². The first-order valence-electron chi connectivity index (χ1n) is 9.49. The summed E-state index contributed by atoms with van der Waals surface area (Å²) < 4.78 is 31.5. The molecule has 3 rings (SSSR count). The number of anilines is 1. The van der Waals surface area contributed by atoms with Gasteiger partial charge in [0, 0.05) is 19.0 Å². The fourth-order valence-electron chi connectivity index (χ4n) is 3.36. The van der Waals surface area contributed by atoms with Crippen LogP contribution in [0.2, 0.25) is 0 Å². The van der Waals surface area contributed by atoms with E-state index in [0.717, 1.165) is 0 Å². The second-order valence-corrected chi connectivity index (χ2v) is 8.94. The Bertz CT molecular complexity index is 1130. The van der Waals surface area contributed by atoms with E-state index in [4.69, 9.17) is 5.26 Å². The maximum Gasteiger partial charge on any atom is 0.341 e. The Morgan fingerprint density at radius 3 is 2.39 bits per heavy atom. The van der Waals surface area contributed by atoms with Crippen molar-refractivity contribution in [1.82, 2.24) is 4.31 Å². The van der Waals surface area contributed by atoms with Crippen LogP contribution >= 0.6 is 0 Å². The number of esters is 1. The average Bonchev–Trinajstić information content (AvgIpc) is 2.80. The van der Waals surface area contributed by atoms with E-state index in [1.165, 1.54) is 53.9 Å². The topological polar surface area (TPSA) is 137 Å². The van der Waals surface area contributed by atoms with Crippen molar-refractivity contribution in [2.24, 2.45) is 5.92 Å². The second-order valence-electron chi connectivity index (χ2n) is 7.00. The minimum absolute atomic E-state index is 0.0661. The number of nitrogens with zero attached hydrogens (tertiary/aromatic N) is 2. The Morgan fingerprint density at radius 1 is 1.16 bits per heavy atom. The summed E-state index contributed by atoms with van der Waals surface area (Å²) >= 11 is 0. The molecule has 1 heterocycles. The van der Waals surface area contributed by atoms with Gasteiger partial charge in [-0.2, -0.15) is 9.57 Å². The molecule has 0 spiro atoms. The lowest BCUT2D eigenvalue weighted by atomic mass is 9.97. The van der Waals surface area contributed by atoms with Crippen LogP contribution in [0.15, 0.2) is 47.4 Å². The molecule has 0 bridgehead atoms. The van der Waals surface area contributed by atoms with Crippen molar-refractivity contribution in [3.63, 3.8) is 0 Å². The van der Waals surface area contributed by atoms with Crippen LogP contribution in [-0.4, -0.2) is 49.9 Å². The lowest BCUT2D eigenvalue weighted by Gasteiger charge is -2.30. The highest BCUT2D eigenvalue weighted by atomic mass is 32.2. The smallest absolute Gasteiger partial charge is 0.341 e. The number of rotatable bonds is 5. The van der Waals surface area contributed by atoms with E-state index < -0.39 is 21.9 Å². The van der Waals surface area contributed by atoms with Crippen molar-refractivity contribution in [2.45, 2.75) is 17.7 Å². The number of piperidine rings is 1. The Morgan fingerprint density at radius 2 is 1.81 bits per heavy atom. The fraction of sp³-hybridized carbons (Fsp3) is 0.286. The van der Waals surface area contributed by atoms with Crippen LogP contribution in [0.1, 0.15) is 28.8 Å². The summed E-state index contributed by atoms with van der Waals surface area (Å²) in [5.74, 6) is -1.93. The van der Waals surface area contributed by atoms with Crippen LogP contribution in [0.4, 0.5) is 5.69 Å². The normalized spacial score (nSPS) is 15.1. The predicted octanol–water partition coefficient (Wildman–Crippen LogP) is 2.09. The van der Waals surface area contributed by atoms with Gasteiger partial charge in [-0.1, -0.05) is 6.07 Å². The molecular formula is C21H21N3O6S. The minimum Gasteiger partial charge on any atom is -0.505 e. The third kappa shape index (κ3) is 4.68. The second kappa shape index (κ2) is 9.16. The van der Waals surface area contributed by atoms with E-state index in [1.54, 1.807) is 0 Å². The first kappa shape index (κ1) is 22.3. The number of para-hydroxylation sites is 1. The van der Waals surface area contributed by atoms with Gasteiger partial charge in [-0.25, -0.2) is 13.2 Å². The Kier molecular flexibility index (Phi) is 6.58. The zero-order chi connectivity index (χ0) is 22.6. The zero-order valence-electron chi connectivity index (χ0n) is 16.7. The first-order chi connectivity index (χ1) is 14.8. The van der Waals surface area contributed by atoms with Gasteiger partial charge < -0.3 is 15.2 Å². The number of carbonyl (C=O) groups excluding carboxylic acids is 2. The molecule has 1 saturated heterocycles. The van der Waals surface area contributed by atoms with E-state index in [2.05, 4.69) is 10.1 Å². The third-order valence-electron chi connectivity index (χ3n) is 5.15. The minimum atomic E-state index is -3.72. The Hall–Kier alpha value is -3.42. The summed E-state index contributed by atoms with van der Waals surface area (Å²) in [6.45, 7) is 0.323. The molecule has 1 aliphatic rings. The van der Waals surface area contributed by atoms with Crippen molar-refractivity contribution in [1.29, 1.82) is 5.26 Å². The highest BCUT2D eigenvalue weighted by molar-refractivity contribution is 7.89. The molecule has 162 valence electrons. The van der Waals surface area contributed by atoms with Gasteiger partial charge in [0.05, 0.1) is 29.3 Å². The molecular weight excluding hydrogens is 422 g/mol. The van der Waals surface area contributed by atoms with E-state index in [1.807, 2.05) is 6.07 Å². The number of aromatic hydroxyl groups is 1. The van der Waals surface area contributed by atoms with Crippen LogP contribution in [0.3, 0.4) is 0 Å².